The van der Waals surface area contributed by atoms with E-state index in [1.807, 2.05) is 25.1 Å². The highest BCUT2D eigenvalue weighted by atomic mass is 16.6. The standard InChI is InChI=1S/C24H15NO5/c1-13-4-8-18-21(10-13)29-22-12-16(28-14(2)26)6-9-19(22)24(18)20-11-15(25-3)5-7-17(20)23(27)30-24/h4-12H,1-2H3. The summed E-state index contributed by atoms with van der Waals surface area (Å²) in [5.74, 6) is 0.366. The summed E-state index contributed by atoms with van der Waals surface area (Å²) in [6.07, 6.45) is 0. The van der Waals surface area contributed by atoms with Gasteiger partial charge in [0.2, 0.25) is 0 Å². The molecule has 6 nitrogen and oxygen atoms in total. The van der Waals surface area contributed by atoms with Gasteiger partial charge >= 0.3 is 11.9 Å². The summed E-state index contributed by atoms with van der Waals surface area (Å²) in [7, 11) is 0. The van der Waals surface area contributed by atoms with Crippen molar-refractivity contribution in [2.45, 2.75) is 19.4 Å². The molecule has 2 aliphatic rings. The monoisotopic (exact) mass is 397 g/mol. The van der Waals surface area contributed by atoms with Gasteiger partial charge in [0.1, 0.15) is 17.2 Å². The van der Waals surface area contributed by atoms with Gasteiger partial charge in [-0.3, -0.25) is 4.79 Å². The molecule has 146 valence electrons. The van der Waals surface area contributed by atoms with Gasteiger partial charge < -0.3 is 14.2 Å². The second-order valence-corrected chi connectivity index (χ2v) is 7.27. The van der Waals surface area contributed by atoms with Crippen LogP contribution in [0.1, 0.15) is 39.5 Å². The lowest BCUT2D eigenvalue weighted by Gasteiger charge is -2.36. The first-order chi connectivity index (χ1) is 14.4. The van der Waals surface area contributed by atoms with Gasteiger partial charge in [-0.05, 0) is 36.8 Å². The Morgan fingerprint density at radius 1 is 1.00 bits per heavy atom. The summed E-state index contributed by atoms with van der Waals surface area (Å²) >= 11 is 0. The van der Waals surface area contributed by atoms with Crippen LogP contribution in [0.5, 0.6) is 17.2 Å². The zero-order valence-electron chi connectivity index (χ0n) is 16.2. The van der Waals surface area contributed by atoms with E-state index < -0.39 is 17.5 Å². The molecule has 0 saturated carbocycles. The van der Waals surface area contributed by atoms with E-state index in [4.69, 9.17) is 20.8 Å². The maximum absolute atomic E-state index is 12.8. The second kappa shape index (κ2) is 6.19. The van der Waals surface area contributed by atoms with Crippen LogP contribution in [0.15, 0.2) is 54.6 Å². The Labute approximate surface area is 172 Å². The van der Waals surface area contributed by atoms with Crippen LogP contribution in [-0.4, -0.2) is 11.9 Å². The minimum Gasteiger partial charge on any atom is -0.456 e. The van der Waals surface area contributed by atoms with Crippen LogP contribution in [0.2, 0.25) is 0 Å². The highest BCUT2D eigenvalue weighted by Crippen LogP contribution is 2.57. The van der Waals surface area contributed by atoms with E-state index in [1.54, 1.807) is 36.4 Å². The van der Waals surface area contributed by atoms with Gasteiger partial charge in [-0.1, -0.05) is 24.3 Å². The van der Waals surface area contributed by atoms with E-state index in [0.717, 1.165) is 5.56 Å². The number of benzene rings is 3. The molecule has 2 aliphatic heterocycles. The van der Waals surface area contributed by atoms with Crippen LogP contribution in [0.3, 0.4) is 0 Å². The van der Waals surface area contributed by atoms with Crippen LogP contribution in [0.25, 0.3) is 4.85 Å². The smallest absolute Gasteiger partial charge is 0.340 e. The maximum Gasteiger partial charge on any atom is 0.340 e. The minimum absolute atomic E-state index is 0.326. The number of nitrogens with zero attached hydrogens (tertiary/aromatic N) is 1. The molecule has 0 N–H and O–H groups in total. The summed E-state index contributed by atoms with van der Waals surface area (Å²) < 4.78 is 17.4. The largest absolute Gasteiger partial charge is 0.456 e. The topological polar surface area (TPSA) is 66.2 Å². The molecule has 3 aromatic carbocycles. The fourth-order valence-electron chi connectivity index (χ4n) is 4.10. The normalized spacial score (nSPS) is 17.8. The Hall–Kier alpha value is -4.11. The summed E-state index contributed by atoms with van der Waals surface area (Å²) in [6.45, 7) is 10.7. The van der Waals surface area contributed by atoms with Crippen molar-refractivity contribution in [3.05, 3.63) is 93.8 Å². The van der Waals surface area contributed by atoms with Crippen LogP contribution >= 0.6 is 0 Å². The van der Waals surface area contributed by atoms with Crippen LogP contribution in [0, 0.1) is 13.5 Å². The number of carbonyl (C=O) groups excluding carboxylic acids is 2. The Bertz CT molecular complexity index is 1300. The van der Waals surface area contributed by atoms with Gasteiger partial charge in [-0.25, -0.2) is 9.64 Å². The Balaban J connectivity index is 1.83. The van der Waals surface area contributed by atoms with Crippen LogP contribution in [0.4, 0.5) is 5.69 Å². The average Bonchev–Trinajstić information content (AvgIpc) is 2.99. The van der Waals surface area contributed by atoms with Crippen molar-refractivity contribution in [2.24, 2.45) is 0 Å². The van der Waals surface area contributed by atoms with E-state index in [1.165, 1.54) is 6.92 Å². The molecule has 0 saturated heterocycles. The fraction of sp³-hybridized carbons (Fsp3) is 0.125. The number of hydrogen-bond donors (Lipinski definition) is 0. The molecule has 1 atom stereocenters. The van der Waals surface area contributed by atoms with Crippen molar-refractivity contribution >= 4 is 17.6 Å². The van der Waals surface area contributed by atoms with Gasteiger partial charge in [0.25, 0.3) is 0 Å². The number of hydrogen-bond acceptors (Lipinski definition) is 5. The molecule has 1 spiro atoms. The van der Waals surface area contributed by atoms with Crippen molar-refractivity contribution in [1.29, 1.82) is 0 Å². The molecule has 0 amide bonds. The first-order valence-electron chi connectivity index (χ1n) is 9.29. The van der Waals surface area contributed by atoms with Crippen molar-refractivity contribution in [1.82, 2.24) is 0 Å². The number of fused-ring (bicyclic) bond motifs is 6. The quantitative estimate of drug-likeness (QED) is 0.327. The van der Waals surface area contributed by atoms with Crippen molar-refractivity contribution in [3.8, 4) is 17.2 Å². The first kappa shape index (κ1) is 18.0. The van der Waals surface area contributed by atoms with Gasteiger partial charge in [0.05, 0.1) is 12.1 Å². The summed E-state index contributed by atoms with van der Waals surface area (Å²) in [5.41, 5.74) is 2.41. The minimum atomic E-state index is -1.25. The molecule has 6 heteroatoms. The zero-order chi connectivity index (χ0) is 21.0. The number of rotatable bonds is 1. The molecule has 0 aromatic heterocycles. The Morgan fingerprint density at radius 3 is 2.47 bits per heavy atom. The predicted molar refractivity (Wildman–Crippen MR) is 107 cm³/mol. The van der Waals surface area contributed by atoms with E-state index in [9.17, 15) is 9.59 Å². The van der Waals surface area contributed by atoms with Gasteiger partial charge in [0, 0.05) is 29.7 Å². The van der Waals surface area contributed by atoms with Crippen LogP contribution < -0.4 is 9.47 Å². The Kier molecular flexibility index (Phi) is 3.71. The summed E-state index contributed by atoms with van der Waals surface area (Å²) in [6, 6.07) is 15.5. The number of esters is 2. The summed E-state index contributed by atoms with van der Waals surface area (Å²) in [4.78, 5) is 27.7. The molecule has 1 unspecified atom stereocenters. The molecule has 30 heavy (non-hydrogen) atoms. The zero-order valence-corrected chi connectivity index (χ0v) is 16.2. The predicted octanol–water partition coefficient (Wildman–Crippen LogP) is 5.04. The molecule has 2 heterocycles. The molecule has 5 rings (SSSR count). The lowest BCUT2D eigenvalue weighted by molar-refractivity contribution is -0.131. The van der Waals surface area contributed by atoms with Gasteiger partial charge in [0.15, 0.2) is 11.3 Å². The van der Waals surface area contributed by atoms with E-state index in [0.29, 0.717) is 45.2 Å². The molecule has 0 radical (unpaired) electrons. The van der Waals surface area contributed by atoms with Crippen molar-refractivity contribution < 1.29 is 23.8 Å². The Morgan fingerprint density at radius 2 is 1.73 bits per heavy atom. The molecule has 3 aromatic rings. The van der Waals surface area contributed by atoms with Crippen molar-refractivity contribution in [2.75, 3.05) is 0 Å². The molecule has 0 bridgehead atoms. The summed E-state index contributed by atoms with van der Waals surface area (Å²) in [5, 5.41) is 0. The molecule has 0 aliphatic carbocycles. The highest BCUT2D eigenvalue weighted by molar-refractivity contribution is 5.97. The number of carbonyl (C=O) groups is 2. The fourth-order valence-corrected chi connectivity index (χ4v) is 4.10. The van der Waals surface area contributed by atoms with E-state index >= 15 is 0 Å². The van der Waals surface area contributed by atoms with E-state index in [-0.39, 0.29) is 0 Å². The van der Waals surface area contributed by atoms with E-state index in [2.05, 4.69) is 4.85 Å². The van der Waals surface area contributed by atoms with Gasteiger partial charge in [-0.2, -0.15) is 0 Å². The molecular weight excluding hydrogens is 382 g/mol. The van der Waals surface area contributed by atoms with Crippen LogP contribution in [-0.2, 0) is 15.1 Å². The number of ether oxygens (including phenoxy) is 3. The number of aryl methyl sites for hydroxylation is 1. The van der Waals surface area contributed by atoms with Crippen molar-refractivity contribution in [3.63, 3.8) is 0 Å². The average molecular weight is 397 g/mol. The third-order valence-electron chi connectivity index (χ3n) is 5.31. The lowest BCUT2D eigenvalue weighted by Crippen LogP contribution is -2.33. The van der Waals surface area contributed by atoms with Gasteiger partial charge in [-0.15, -0.1) is 0 Å². The maximum atomic E-state index is 12.8. The SMILES string of the molecule is [C-]#[N+]c1ccc2c(c1)C1(OC2=O)c2ccc(C)cc2Oc2cc(OC(C)=O)ccc21. The third-order valence-corrected chi connectivity index (χ3v) is 5.31. The lowest BCUT2D eigenvalue weighted by atomic mass is 9.77. The third kappa shape index (κ3) is 2.42. The molecule has 0 fully saturated rings. The molecular formula is C24H15NO5. The first-order valence-corrected chi connectivity index (χ1v) is 9.29. The highest BCUT2D eigenvalue weighted by Gasteiger charge is 2.53. The second-order valence-electron chi connectivity index (χ2n) is 7.27.